The summed E-state index contributed by atoms with van der Waals surface area (Å²) in [5.74, 6) is -0.774. The van der Waals surface area contributed by atoms with Gasteiger partial charge in [-0.05, 0) is 36.4 Å². The van der Waals surface area contributed by atoms with Gasteiger partial charge in [0.25, 0.3) is 6.29 Å². The Morgan fingerprint density at radius 1 is 1.31 bits per heavy atom. The van der Waals surface area contributed by atoms with E-state index in [1.54, 1.807) is 32.2 Å². The molecular formula is C20H20FN7O4. The third-order valence-electron chi connectivity index (χ3n) is 4.85. The number of esters is 1. The molecular weight excluding hydrogens is 421 g/mol. The standard InChI is InChI=1S/C20H20FN7O4/c1-11-19(31-17(29)7-8-22)32-20(30)28(11)13-4-5-14(15(21)9-13)12-3-6-16(23-10-12)18-24-26-27(2)25-18/h3-6,9-11,19H,7-8,22H2,1-2H3/t11-,19?/m1/s1. The molecule has 1 amide bonds. The molecule has 2 aromatic heterocycles. The second-order valence-electron chi connectivity index (χ2n) is 7.09. The number of benzene rings is 1. The molecule has 12 heteroatoms. The van der Waals surface area contributed by atoms with E-state index in [4.69, 9.17) is 15.2 Å². The Hall–Kier alpha value is -3.93. The second kappa shape index (κ2) is 8.67. The number of hydrogen-bond acceptors (Lipinski definition) is 9. The summed E-state index contributed by atoms with van der Waals surface area (Å²) in [6.45, 7) is 1.76. The summed E-state index contributed by atoms with van der Waals surface area (Å²) >= 11 is 0. The molecule has 1 aliphatic heterocycles. The molecule has 3 aromatic rings. The van der Waals surface area contributed by atoms with Crippen molar-refractivity contribution in [3.05, 3.63) is 42.3 Å². The largest absolute Gasteiger partial charge is 0.423 e. The van der Waals surface area contributed by atoms with Crippen LogP contribution in [-0.2, 0) is 21.3 Å². The number of pyridine rings is 1. The topological polar surface area (TPSA) is 138 Å². The lowest BCUT2D eigenvalue weighted by Crippen LogP contribution is -2.36. The number of ether oxygens (including phenoxy) is 2. The fourth-order valence-corrected chi connectivity index (χ4v) is 3.27. The van der Waals surface area contributed by atoms with Crippen LogP contribution in [0.2, 0.25) is 0 Å². The fourth-order valence-electron chi connectivity index (χ4n) is 3.27. The molecule has 0 saturated carbocycles. The number of nitrogens with two attached hydrogens (primary N) is 1. The van der Waals surface area contributed by atoms with Crippen LogP contribution in [0.25, 0.3) is 22.6 Å². The molecule has 3 heterocycles. The van der Waals surface area contributed by atoms with Crippen molar-refractivity contribution in [1.29, 1.82) is 0 Å². The number of tetrazole rings is 1. The summed E-state index contributed by atoms with van der Waals surface area (Å²) in [5.41, 5.74) is 6.93. The molecule has 2 N–H and O–H groups in total. The first-order chi connectivity index (χ1) is 15.4. The summed E-state index contributed by atoms with van der Waals surface area (Å²) in [7, 11) is 1.64. The van der Waals surface area contributed by atoms with Crippen molar-refractivity contribution >= 4 is 17.7 Å². The number of cyclic esters (lactones) is 1. The second-order valence-corrected chi connectivity index (χ2v) is 7.09. The molecule has 1 saturated heterocycles. The maximum atomic E-state index is 14.9. The van der Waals surface area contributed by atoms with Crippen LogP contribution < -0.4 is 10.6 Å². The van der Waals surface area contributed by atoms with E-state index in [1.165, 1.54) is 28.0 Å². The van der Waals surface area contributed by atoms with Gasteiger partial charge in [-0.1, -0.05) is 6.07 Å². The zero-order valence-electron chi connectivity index (χ0n) is 17.3. The maximum absolute atomic E-state index is 14.9. The highest BCUT2D eigenvalue weighted by molar-refractivity contribution is 5.91. The average Bonchev–Trinajstić information content (AvgIpc) is 3.31. The van der Waals surface area contributed by atoms with Gasteiger partial charge in [-0.15, -0.1) is 10.2 Å². The molecule has 4 rings (SSSR count). The van der Waals surface area contributed by atoms with Crippen molar-refractivity contribution in [2.45, 2.75) is 25.7 Å². The van der Waals surface area contributed by atoms with Crippen molar-refractivity contribution in [3.63, 3.8) is 0 Å². The van der Waals surface area contributed by atoms with E-state index in [2.05, 4.69) is 20.4 Å². The molecule has 0 bridgehead atoms. The molecule has 0 aliphatic carbocycles. The van der Waals surface area contributed by atoms with E-state index < -0.39 is 30.2 Å². The Labute approximate surface area is 181 Å². The Morgan fingerprint density at radius 3 is 2.75 bits per heavy atom. The number of rotatable bonds is 6. The fraction of sp³-hybridized carbons (Fsp3) is 0.300. The van der Waals surface area contributed by atoms with Crippen LogP contribution in [0.1, 0.15) is 13.3 Å². The smallest absolute Gasteiger partial charge is 0.417 e. The summed E-state index contributed by atoms with van der Waals surface area (Å²) in [4.78, 5) is 30.8. The number of anilines is 1. The summed E-state index contributed by atoms with van der Waals surface area (Å²) in [5, 5.41) is 11.7. The van der Waals surface area contributed by atoms with Gasteiger partial charge in [-0.2, -0.15) is 4.80 Å². The van der Waals surface area contributed by atoms with Crippen molar-refractivity contribution in [2.75, 3.05) is 11.4 Å². The minimum absolute atomic E-state index is 0.00380. The first-order valence-electron chi connectivity index (χ1n) is 9.77. The van der Waals surface area contributed by atoms with Crippen molar-refractivity contribution < 1.29 is 23.5 Å². The molecule has 0 spiro atoms. The van der Waals surface area contributed by atoms with Gasteiger partial charge in [0.2, 0.25) is 5.82 Å². The number of nitrogens with zero attached hydrogens (tertiary/aromatic N) is 6. The third-order valence-corrected chi connectivity index (χ3v) is 4.85. The van der Waals surface area contributed by atoms with Gasteiger partial charge in [0.15, 0.2) is 0 Å². The highest BCUT2D eigenvalue weighted by atomic mass is 19.1. The zero-order valence-corrected chi connectivity index (χ0v) is 17.3. The number of carbonyl (C=O) groups is 2. The lowest BCUT2D eigenvalue weighted by Gasteiger charge is -2.21. The van der Waals surface area contributed by atoms with E-state index in [0.29, 0.717) is 22.6 Å². The SMILES string of the molecule is C[C@@H]1C(OC(=O)CCN)OC(=O)N1c1ccc(-c2ccc(-c3nnn(C)n3)nc2)c(F)c1. The van der Waals surface area contributed by atoms with E-state index in [1.807, 2.05) is 0 Å². The molecule has 1 aliphatic rings. The number of hydrogen-bond donors (Lipinski definition) is 1. The Bertz CT molecular complexity index is 1150. The van der Waals surface area contributed by atoms with Gasteiger partial charge in [0.1, 0.15) is 17.6 Å². The third kappa shape index (κ3) is 4.12. The Morgan fingerprint density at radius 2 is 2.12 bits per heavy atom. The van der Waals surface area contributed by atoms with Gasteiger partial charge in [0.05, 0.1) is 19.2 Å². The molecule has 32 heavy (non-hydrogen) atoms. The molecule has 1 fully saturated rings. The normalized spacial score (nSPS) is 18.0. The Kier molecular flexibility index (Phi) is 5.77. The lowest BCUT2D eigenvalue weighted by molar-refractivity contribution is -0.164. The van der Waals surface area contributed by atoms with Gasteiger partial charge in [0, 0.05) is 23.9 Å². The van der Waals surface area contributed by atoms with Crippen molar-refractivity contribution in [1.82, 2.24) is 25.2 Å². The van der Waals surface area contributed by atoms with Crippen LogP contribution in [0.3, 0.4) is 0 Å². The first kappa shape index (κ1) is 21.3. The molecule has 1 unspecified atom stereocenters. The molecule has 0 radical (unpaired) electrons. The van der Waals surface area contributed by atoms with Gasteiger partial charge in [-0.25, -0.2) is 9.18 Å². The molecule has 1 aromatic carbocycles. The van der Waals surface area contributed by atoms with E-state index >= 15 is 0 Å². The van der Waals surface area contributed by atoms with E-state index in [0.717, 1.165) is 0 Å². The maximum Gasteiger partial charge on any atom is 0.417 e. The summed E-state index contributed by atoms with van der Waals surface area (Å²) in [6, 6.07) is 7.05. The Balaban J connectivity index is 1.53. The van der Waals surface area contributed by atoms with Crippen LogP contribution in [0.5, 0.6) is 0 Å². The summed E-state index contributed by atoms with van der Waals surface area (Å²) < 4.78 is 25.2. The minimum Gasteiger partial charge on any atom is -0.423 e. The summed E-state index contributed by atoms with van der Waals surface area (Å²) in [6.07, 6.45) is -0.332. The number of carbonyl (C=O) groups excluding carboxylic acids is 2. The highest BCUT2D eigenvalue weighted by Crippen LogP contribution is 2.32. The number of aromatic nitrogens is 5. The van der Waals surface area contributed by atoms with Crippen LogP contribution in [-0.4, -0.2) is 56.1 Å². The average molecular weight is 441 g/mol. The predicted molar refractivity (Wildman–Crippen MR) is 109 cm³/mol. The van der Waals surface area contributed by atoms with Crippen LogP contribution in [0, 0.1) is 5.82 Å². The van der Waals surface area contributed by atoms with E-state index in [9.17, 15) is 14.0 Å². The van der Waals surface area contributed by atoms with Crippen molar-refractivity contribution in [3.8, 4) is 22.6 Å². The quantitative estimate of drug-likeness (QED) is 0.566. The number of aryl methyl sites for hydroxylation is 1. The zero-order chi connectivity index (χ0) is 22.8. The molecule has 166 valence electrons. The van der Waals surface area contributed by atoms with Gasteiger partial charge < -0.3 is 15.2 Å². The van der Waals surface area contributed by atoms with Gasteiger partial charge in [-0.3, -0.25) is 14.7 Å². The number of amides is 1. The monoisotopic (exact) mass is 441 g/mol. The van der Waals surface area contributed by atoms with Crippen LogP contribution in [0.15, 0.2) is 36.5 Å². The van der Waals surface area contributed by atoms with E-state index in [-0.39, 0.29) is 18.7 Å². The van der Waals surface area contributed by atoms with Crippen LogP contribution in [0.4, 0.5) is 14.9 Å². The predicted octanol–water partition coefficient (Wildman–Crippen LogP) is 1.64. The molecule has 11 nitrogen and oxygen atoms in total. The number of halogens is 1. The minimum atomic E-state index is -1.10. The molecule has 2 atom stereocenters. The van der Waals surface area contributed by atoms with Crippen LogP contribution >= 0.6 is 0 Å². The first-order valence-corrected chi connectivity index (χ1v) is 9.77. The highest BCUT2D eigenvalue weighted by Gasteiger charge is 2.42. The van der Waals surface area contributed by atoms with Gasteiger partial charge >= 0.3 is 12.1 Å². The lowest BCUT2D eigenvalue weighted by atomic mass is 10.1. The van der Waals surface area contributed by atoms with Crippen molar-refractivity contribution in [2.24, 2.45) is 12.8 Å².